The monoisotopic (exact) mass is 461 g/mol. The Morgan fingerprint density at radius 2 is 1.97 bits per heavy atom. The quantitative estimate of drug-likeness (QED) is 0.709. The number of fused-ring (bicyclic) bond motifs is 2. The zero-order valence-electron chi connectivity index (χ0n) is 17.2. The van der Waals surface area contributed by atoms with Crippen LogP contribution >= 0.6 is 23.4 Å². The number of piperazine rings is 1. The third-order valence-corrected chi connectivity index (χ3v) is 7.84. The first-order valence-corrected chi connectivity index (χ1v) is 11.8. The lowest BCUT2D eigenvalue weighted by atomic mass is 9.96. The van der Waals surface area contributed by atoms with Crippen LogP contribution in [-0.2, 0) is 16.0 Å². The van der Waals surface area contributed by atoms with Gasteiger partial charge in [-0.25, -0.2) is 4.39 Å². The average Bonchev–Trinajstić information content (AvgIpc) is 3.11. The summed E-state index contributed by atoms with van der Waals surface area (Å²) in [5, 5.41) is 0.743. The molecule has 5 rings (SSSR count). The summed E-state index contributed by atoms with van der Waals surface area (Å²) in [6.45, 7) is 7.05. The lowest BCUT2D eigenvalue weighted by molar-refractivity contribution is -0.936. The zero-order chi connectivity index (χ0) is 21.4. The number of carbonyl (C=O) groups is 1. The van der Waals surface area contributed by atoms with Gasteiger partial charge in [-0.2, -0.15) is 0 Å². The molecule has 2 saturated heterocycles. The fourth-order valence-electron chi connectivity index (χ4n) is 4.68. The van der Waals surface area contributed by atoms with Crippen LogP contribution in [0.4, 0.5) is 4.39 Å². The van der Waals surface area contributed by atoms with Gasteiger partial charge < -0.3 is 14.5 Å². The standard InChI is InChI=1S/C23H24ClFN3O2S/c24-17-1-3-21-16(11-17)12-20(19-13-18(25)2-4-22(19)31-21)27-8-5-26(6-9-27)7-10-28-15-30-14-23(28)29/h1-4,11,13,15,20H,5-10,12,14H2/q-1/p+1. The second-order valence-corrected chi connectivity index (χ2v) is 9.82. The van der Waals surface area contributed by atoms with Gasteiger partial charge in [0.05, 0.1) is 19.7 Å². The van der Waals surface area contributed by atoms with E-state index >= 15 is 0 Å². The molecule has 1 unspecified atom stereocenters. The minimum absolute atomic E-state index is 0.0242. The molecule has 2 aromatic carbocycles. The predicted octanol–water partition coefficient (Wildman–Crippen LogP) is 2.41. The van der Waals surface area contributed by atoms with Crippen molar-refractivity contribution in [2.24, 2.45) is 0 Å². The summed E-state index contributed by atoms with van der Waals surface area (Å²) in [5.41, 5.74) is 2.33. The second-order valence-electron chi connectivity index (χ2n) is 8.30. The van der Waals surface area contributed by atoms with Crippen LogP contribution in [0.1, 0.15) is 17.2 Å². The summed E-state index contributed by atoms with van der Waals surface area (Å²) in [7, 11) is 0. The molecule has 3 heterocycles. The first-order chi connectivity index (χ1) is 15.1. The molecule has 3 aliphatic heterocycles. The summed E-state index contributed by atoms with van der Waals surface area (Å²) in [5.74, 6) is -0.156. The molecule has 1 amide bonds. The third-order valence-electron chi connectivity index (χ3n) is 6.39. The van der Waals surface area contributed by atoms with Gasteiger partial charge in [0.25, 0.3) is 0 Å². The maximum atomic E-state index is 14.2. The second kappa shape index (κ2) is 9.08. The molecule has 0 saturated carbocycles. The average molecular weight is 462 g/mol. The van der Waals surface area contributed by atoms with Crippen molar-refractivity contribution in [1.29, 1.82) is 0 Å². The van der Waals surface area contributed by atoms with Crippen LogP contribution in [0.25, 0.3) is 0 Å². The molecule has 2 aromatic rings. The lowest BCUT2D eigenvalue weighted by Crippen LogP contribution is -3.15. The van der Waals surface area contributed by atoms with Gasteiger partial charge >= 0.3 is 0 Å². The Morgan fingerprint density at radius 1 is 1.16 bits per heavy atom. The van der Waals surface area contributed by atoms with Gasteiger partial charge in [0.15, 0.2) is 0 Å². The largest absolute Gasteiger partial charge is 0.525 e. The SMILES string of the molecule is O=C1CO[CH-]N1CCN1CC[NH+](C2Cc3cc(Cl)ccc3Sc3ccc(F)cc32)CC1. The molecule has 164 valence electrons. The molecule has 5 nitrogen and oxygen atoms in total. The minimum Gasteiger partial charge on any atom is -0.525 e. The van der Waals surface area contributed by atoms with E-state index in [4.69, 9.17) is 16.3 Å². The van der Waals surface area contributed by atoms with Gasteiger partial charge in [-0.3, -0.25) is 9.69 Å². The van der Waals surface area contributed by atoms with E-state index in [1.807, 2.05) is 12.1 Å². The number of hydrogen-bond acceptors (Lipinski definition) is 4. The van der Waals surface area contributed by atoms with Crippen LogP contribution < -0.4 is 4.90 Å². The molecule has 31 heavy (non-hydrogen) atoms. The van der Waals surface area contributed by atoms with Crippen molar-refractivity contribution in [1.82, 2.24) is 9.80 Å². The molecule has 3 aliphatic rings. The van der Waals surface area contributed by atoms with Gasteiger partial charge in [0.2, 0.25) is 5.91 Å². The number of nitrogens with zero attached hydrogens (tertiary/aromatic N) is 2. The number of nitrogens with one attached hydrogen (secondary N) is 1. The van der Waals surface area contributed by atoms with Crippen LogP contribution in [0.2, 0.25) is 5.02 Å². The normalized spacial score (nSPS) is 22.3. The summed E-state index contributed by atoms with van der Waals surface area (Å²) < 4.78 is 19.3. The zero-order valence-corrected chi connectivity index (χ0v) is 18.7. The Kier molecular flexibility index (Phi) is 6.21. The number of hydrogen-bond donors (Lipinski definition) is 1. The van der Waals surface area contributed by atoms with Crippen LogP contribution in [0.3, 0.4) is 0 Å². The van der Waals surface area contributed by atoms with E-state index < -0.39 is 0 Å². The van der Waals surface area contributed by atoms with Crippen molar-refractivity contribution in [3.05, 3.63) is 65.1 Å². The Hall–Kier alpha value is -1.64. The van der Waals surface area contributed by atoms with Crippen LogP contribution in [0.15, 0.2) is 46.2 Å². The van der Waals surface area contributed by atoms with E-state index in [2.05, 4.69) is 17.0 Å². The van der Waals surface area contributed by atoms with E-state index in [0.717, 1.165) is 54.6 Å². The van der Waals surface area contributed by atoms with Gasteiger partial charge in [-0.15, -0.1) is 6.73 Å². The van der Waals surface area contributed by atoms with Crippen LogP contribution in [0, 0.1) is 12.5 Å². The highest BCUT2D eigenvalue weighted by molar-refractivity contribution is 7.99. The van der Waals surface area contributed by atoms with Crippen molar-refractivity contribution < 1.29 is 18.8 Å². The third kappa shape index (κ3) is 4.61. The maximum absolute atomic E-state index is 14.2. The molecule has 0 radical (unpaired) electrons. The highest BCUT2D eigenvalue weighted by Gasteiger charge is 2.33. The Balaban J connectivity index is 1.31. The van der Waals surface area contributed by atoms with E-state index in [-0.39, 0.29) is 24.4 Å². The smallest absolute Gasteiger partial charge is 0.218 e. The van der Waals surface area contributed by atoms with Gasteiger partial charge in [0.1, 0.15) is 11.9 Å². The maximum Gasteiger partial charge on any atom is 0.218 e. The van der Waals surface area contributed by atoms with E-state index in [1.54, 1.807) is 28.8 Å². The van der Waals surface area contributed by atoms with Gasteiger partial charge in [-0.1, -0.05) is 23.4 Å². The number of carbonyl (C=O) groups excluding carboxylic acids is 1. The molecule has 0 bridgehead atoms. The van der Waals surface area contributed by atoms with E-state index in [1.165, 1.54) is 22.1 Å². The van der Waals surface area contributed by atoms with E-state index in [0.29, 0.717) is 6.54 Å². The summed E-state index contributed by atoms with van der Waals surface area (Å²) in [6.07, 6.45) is 0.850. The Labute approximate surface area is 191 Å². The van der Waals surface area contributed by atoms with Crippen LogP contribution in [0.5, 0.6) is 0 Å². The fraction of sp³-hybridized carbons (Fsp3) is 0.391. The minimum atomic E-state index is -0.180. The summed E-state index contributed by atoms with van der Waals surface area (Å²) in [6, 6.07) is 11.4. The molecule has 0 aliphatic carbocycles. The van der Waals surface area contributed by atoms with Crippen molar-refractivity contribution in [2.75, 3.05) is 45.9 Å². The fourth-order valence-corrected chi connectivity index (χ4v) is 5.98. The predicted molar refractivity (Wildman–Crippen MR) is 118 cm³/mol. The summed E-state index contributed by atoms with van der Waals surface area (Å²) >= 11 is 8.01. The van der Waals surface area contributed by atoms with Crippen molar-refractivity contribution in [3.8, 4) is 0 Å². The number of quaternary nitrogens is 1. The van der Waals surface area contributed by atoms with Crippen molar-refractivity contribution in [3.63, 3.8) is 0 Å². The first-order valence-electron chi connectivity index (χ1n) is 10.6. The molecular weight excluding hydrogens is 437 g/mol. The topological polar surface area (TPSA) is 37.2 Å². The van der Waals surface area contributed by atoms with Gasteiger partial charge in [0, 0.05) is 53.0 Å². The molecule has 0 aromatic heterocycles. The summed E-state index contributed by atoms with van der Waals surface area (Å²) in [4.78, 5) is 19.6. The van der Waals surface area contributed by atoms with Crippen molar-refractivity contribution in [2.45, 2.75) is 22.3 Å². The Morgan fingerprint density at radius 3 is 2.74 bits per heavy atom. The highest BCUT2D eigenvalue weighted by atomic mass is 35.5. The molecule has 8 heteroatoms. The number of ether oxygens (including phenoxy) is 1. The number of rotatable bonds is 4. The lowest BCUT2D eigenvalue weighted by Gasteiger charge is -2.38. The molecule has 1 atom stereocenters. The number of amides is 1. The molecule has 1 N–H and O–H groups in total. The first kappa shape index (κ1) is 21.2. The molecular formula is C23H25ClFN3O2S. The number of halogens is 2. The number of benzene rings is 2. The molecule has 2 fully saturated rings. The molecule has 0 spiro atoms. The van der Waals surface area contributed by atoms with Crippen LogP contribution in [-0.4, -0.2) is 61.6 Å². The highest BCUT2D eigenvalue weighted by Crippen LogP contribution is 2.41. The van der Waals surface area contributed by atoms with Gasteiger partial charge in [-0.05, 0) is 42.0 Å². The van der Waals surface area contributed by atoms with E-state index in [9.17, 15) is 9.18 Å². The van der Waals surface area contributed by atoms with Crippen molar-refractivity contribution >= 4 is 29.3 Å². The Bertz CT molecular complexity index is 983.